The highest BCUT2D eigenvalue weighted by molar-refractivity contribution is 6.05. The number of halogens is 3. The molecule has 1 aliphatic rings. The molecular weight excluding hydrogens is 509 g/mol. The van der Waals surface area contributed by atoms with Crippen LogP contribution < -0.4 is 15.6 Å². The third-order valence-electron chi connectivity index (χ3n) is 6.66. The van der Waals surface area contributed by atoms with Crippen LogP contribution in [0.15, 0.2) is 77.7 Å². The van der Waals surface area contributed by atoms with Gasteiger partial charge >= 0.3 is 0 Å². The minimum Gasteiger partial charge on any atom is -0.454 e. The maximum Gasteiger partial charge on any atom is 0.284 e. The van der Waals surface area contributed by atoms with Crippen LogP contribution in [0.1, 0.15) is 28.9 Å². The number of hydrogen-bond donors (Lipinski definition) is 1. The van der Waals surface area contributed by atoms with Crippen LogP contribution in [0, 0.1) is 17.5 Å². The molecule has 0 radical (unpaired) electrons. The molecule has 0 saturated carbocycles. The summed E-state index contributed by atoms with van der Waals surface area (Å²) in [6, 6.07) is 15.6. The van der Waals surface area contributed by atoms with E-state index in [1.807, 2.05) is 24.3 Å². The zero-order valence-electron chi connectivity index (χ0n) is 20.5. The van der Waals surface area contributed by atoms with Gasteiger partial charge < -0.3 is 10.1 Å². The van der Waals surface area contributed by atoms with Crippen molar-refractivity contribution in [2.24, 2.45) is 0 Å². The van der Waals surface area contributed by atoms with Crippen LogP contribution in [-0.2, 0) is 13.0 Å². The predicted octanol–water partition coefficient (Wildman–Crippen LogP) is 5.99. The average molecular weight is 531 g/mol. The van der Waals surface area contributed by atoms with Crippen molar-refractivity contribution in [3.05, 3.63) is 112 Å². The number of para-hydroxylation sites is 1. The van der Waals surface area contributed by atoms with E-state index in [4.69, 9.17) is 4.74 Å². The van der Waals surface area contributed by atoms with Crippen LogP contribution in [0.4, 0.5) is 18.9 Å². The standard InChI is InChI=1S/C29H21F3N4O3/c30-17-8-10-20(31)24(15-17)36-29(38)27(23-7-3-4-14-35(23)36)28(37)34-18-9-11-26(21(32)16-18)39-25-12-13-33-22-6-2-1-5-19(22)25/h1-2,5-6,8-13,15-16H,3-4,7,14H2,(H,34,37). The van der Waals surface area contributed by atoms with E-state index in [0.717, 1.165) is 35.4 Å². The summed E-state index contributed by atoms with van der Waals surface area (Å²) in [7, 11) is 0. The van der Waals surface area contributed by atoms with E-state index in [9.17, 15) is 18.4 Å². The first kappa shape index (κ1) is 24.5. The van der Waals surface area contributed by atoms with Gasteiger partial charge in [-0.05, 0) is 61.7 Å². The number of ether oxygens (including phenoxy) is 1. The number of carbonyl (C=O) groups excluding carboxylic acids is 1. The molecule has 1 aliphatic heterocycles. The number of rotatable bonds is 5. The third-order valence-corrected chi connectivity index (χ3v) is 6.66. The van der Waals surface area contributed by atoms with Gasteiger partial charge in [-0.15, -0.1) is 0 Å². The summed E-state index contributed by atoms with van der Waals surface area (Å²) in [5.74, 6) is -2.65. The van der Waals surface area contributed by atoms with E-state index in [2.05, 4.69) is 10.3 Å². The Hall–Kier alpha value is -4.86. The molecule has 1 amide bonds. The number of benzene rings is 3. The van der Waals surface area contributed by atoms with Crippen LogP contribution in [0.5, 0.6) is 11.5 Å². The van der Waals surface area contributed by atoms with Gasteiger partial charge in [-0.2, -0.15) is 0 Å². The number of aromatic nitrogens is 3. The summed E-state index contributed by atoms with van der Waals surface area (Å²) in [6.45, 7) is 0.359. The van der Waals surface area contributed by atoms with Crippen molar-refractivity contribution in [3.8, 4) is 17.2 Å². The largest absolute Gasteiger partial charge is 0.454 e. The van der Waals surface area contributed by atoms with Crippen LogP contribution in [0.2, 0.25) is 0 Å². The highest BCUT2D eigenvalue weighted by Gasteiger charge is 2.29. The number of nitrogens with one attached hydrogen (secondary N) is 1. The van der Waals surface area contributed by atoms with Crippen LogP contribution in [0.25, 0.3) is 16.6 Å². The highest BCUT2D eigenvalue weighted by atomic mass is 19.1. The fraction of sp³-hybridized carbons (Fsp3) is 0.138. The van der Waals surface area contributed by atoms with Crippen molar-refractivity contribution in [2.75, 3.05) is 5.32 Å². The number of anilines is 1. The molecular formula is C29H21F3N4O3. The molecule has 0 saturated heterocycles. The monoisotopic (exact) mass is 530 g/mol. The first-order valence-electron chi connectivity index (χ1n) is 12.3. The van der Waals surface area contributed by atoms with E-state index in [-0.39, 0.29) is 22.7 Å². The average Bonchev–Trinajstić information content (AvgIpc) is 3.23. The van der Waals surface area contributed by atoms with E-state index in [1.165, 1.54) is 16.8 Å². The summed E-state index contributed by atoms with van der Waals surface area (Å²) in [5, 5.41) is 3.27. The van der Waals surface area contributed by atoms with Gasteiger partial charge in [0.2, 0.25) is 0 Å². The molecule has 39 heavy (non-hydrogen) atoms. The molecule has 2 aromatic heterocycles. The number of hydrogen-bond acceptors (Lipinski definition) is 4. The Balaban J connectivity index is 1.31. The predicted molar refractivity (Wildman–Crippen MR) is 139 cm³/mol. The van der Waals surface area contributed by atoms with Gasteiger partial charge in [-0.1, -0.05) is 12.1 Å². The SMILES string of the molecule is O=C(Nc1ccc(Oc2ccnc3ccccc23)c(F)c1)c1c2n(n(-c3cc(F)ccc3F)c1=O)CCCC2. The minimum atomic E-state index is -0.795. The number of fused-ring (bicyclic) bond motifs is 2. The molecule has 0 aliphatic carbocycles. The number of nitrogens with zero attached hydrogens (tertiary/aromatic N) is 3. The zero-order valence-corrected chi connectivity index (χ0v) is 20.5. The molecule has 3 heterocycles. The van der Waals surface area contributed by atoms with Crippen LogP contribution >= 0.6 is 0 Å². The van der Waals surface area contributed by atoms with Crippen molar-refractivity contribution in [2.45, 2.75) is 25.8 Å². The van der Waals surface area contributed by atoms with Gasteiger partial charge in [0.05, 0.1) is 11.2 Å². The van der Waals surface area contributed by atoms with Crippen molar-refractivity contribution < 1.29 is 22.7 Å². The van der Waals surface area contributed by atoms with E-state index >= 15 is 4.39 Å². The second-order valence-electron chi connectivity index (χ2n) is 9.14. The Morgan fingerprint density at radius 1 is 0.923 bits per heavy atom. The molecule has 10 heteroatoms. The quantitative estimate of drug-likeness (QED) is 0.303. The zero-order chi connectivity index (χ0) is 27.1. The lowest BCUT2D eigenvalue weighted by atomic mass is 10.1. The first-order valence-corrected chi connectivity index (χ1v) is 12.3. The molecule has 0 fully saturated rings. The highest BCUT2D eigenvalue weighted by Crippen LogP contribution is 2.31. The van der Waals surface area contributed by atoms with Crippen molar-refractivity contribution in [1.29, 1.82) is 0 Å². The lowest BCUT2D eigenvalue weighted by molar-refractivity contribution is 0.102. The van der Waals surface area contributed by atoms with Crippen LogP contribution in [0.3, 0.4) is 0 Å². The fourth-order valence-electron chi connectivity index (χ4n) is 4.88. The maximum absolute atomic E-state index is 15.0. The second-order valence-corrected chi connectivity index (χ2v) is 9.14. The van der Waals surface area contributed by atoms with E-state index < -0.39 is 28.9 Å². The molecule has 7 nitrogen and oxygen atoms in total. The first-order chi connectivity index (χ1) is 18.9. The Kier molecular flexibility index (Phi) is 6.14. The van der Waals surface area contributed by atoms with E-state index in [1.54, 1.807) is 12.3 Å². The van der Waals surface area contributed by atoms with Gasteiger partial charge in [0.15, 0.2) is 11.6 Å². The summed E-state index contributed by atoms with van der Waals surface area (Å²) < 4.78 is 51.8. The Morgan fingerprint density at radius 3 is 2.62 bits per heavy atom. The fourth-order valence-corrected chi connectivity index (χ4v) is 4.88. The number of amides is 1. The van der Waals surface area contributed by atoms with Crippen molar-refractivity contribution in [1.82, 2.24) is 14.3 Å². The second kappa shape index (κ2) is 9.79. The normalized spacial score (nSPS) is 12.8. The number of carbonyl (C=O) groups is 1. The molecule has 3 aromatic carbocycles. The number of pyridine rings is 1. The molecule has 1 N–H and O–H groups in total. The van der Waals surface area contributed by atoms with Crippen molar-refractivity contribution in [3.63, 3.8) is 0 Å². The summed E-state index contributed by atoms with van der Waals surface area (Å²) in [5.41, 5.74) is -0.0425. The van der Waals surface area contributed by atoms with Gasteiger partial charge in [0.1, 0.15) is 28.6 Å². The molecule has 0 spiro atoms. The van der Waals surface area contributed by atoms with Crippen LogP contribution in [-0.4, -0.2) is 20.3 Å². The molecule has 5 aromatic rings. The van der Waals surface area contributed by atoms with Gasteiger partial charge in [0.25, 0.3) is 11.5 Å². The van der Waals surface area contributed by atoms with Gasteiger partial charge in [-0.3, -0.25) is 19.3 Å². The maximum atomic E-state index is 15.0. The van der Waals surface area contributed by atoms with E-state index in [0.29, 0.717) is 41.7 Å². The summed E-state index contributed by atoms with van der Waals surface area (Å²) in [4.78, 5) is 30.9. The molecule has 0 atom stereocenters. The van der Waals surface area contributed by atoms with Crippen molar-refractivity contribution >= 4 is 22.5 Å². The molecule has 196 valence electrons. The lowest BCUT2D eigenvalue weighted by Gasteiger charge is -2.19. The third kappa shape index (κ3) is 4.43. The Labute approximate surface area is 220 Å². The topological polar surface area (TPSA) is 78.2 Å². The molecule has 6 rings (SSSR count). The minimum absolute atomic E-state index is 0.0606. The lowest BCUT2D eigenvalue weighted by Crippen LogP contribution is -2.26. The Bertz CT molecular complexity index is 1810. The summed E-state index contributed by atoms with van der Waals surface area (Å²) >= 11 is 0. The summed E-state index contributed by atoms with van der Waals surface area (Å²) in [6.07, 6.45) is 3.40. The molecule has 0 unspecified atom stereocenters. The molecule has 0 bridgehead atoms. The smallest absolute Gasteiger partial charge is 0.284 e. The van der Waals surface area contributed by atoms with Gasteiger partial charge in [0, 0.05) is 35.9 Å². The Morgan fingerprint density at radius 2 is 1.77 bits per heavy atom. The van der Waals surface area contributed by atoms with Gasteiger partial charge in [-0.25, -0.2) is 17.9 Å².